The molecule has 0 aromatic heterocycles. The lowest BCUT2D eigenvalue weighted by atomic mass is 10.00. The quantitative estimate of drug-likeness (QED) is 0.795. The molecule has 2 amide bonds. The topological polar surface area (TPSA) is 61.4 Å². The van der Waals surface area contributed by atoms with Gasteiger partial charge in [0.05, 0.1) is 0 Å². The van der Waals surface area contributed by atoms with Gasteiger partial charge in [-0.3, -0.25) is 9.59 Å². The lowest BCUT2D eigenvalue weighted by molar-refractivity contribution is -0.129. The second-order valence-corrected chi connectivity index (χ2v) is 6.33. The zero-order valence-corrected chi connectivity index (χ0v) is 13.4. The lowest BCUT2D eigenvalue weighted by Gasteiger charge is -2.35. The molecule has 1 rings (SSSR count). The Morgan fingerprint density at radius 3 is 2.05 bits per heavy atom. The molecule has 0 unspecified atom stereocenters. The first-order valence-corrected chi connectivity index (χ1v) is 7.62. The van der Waals surface area contributed by atoms with Crippen LogP contribution in [0.5, 0.6) is 0 Å². The van der Waals surface area contributed by atoms with Crippen molar-refractivity contribution in [3.63, 3.8) is 0 Å². The second kappa shape index (κ2) is 7.62. The fourth-order valence-corrected chi connectivity index (χ4v) is 2.61. The number of carbonyl (C=O) groups is 2. The van der Waals surface area contributed by atoms with Crippen molar-refractivity contribution in [3.8, 4) is 0 Å². The first-order chi connectivity index (χ1) is 9.31. The summed E-state index contributed by atoms with van der Waals surface area (Å²) >= 11 is 0. The van der Waals surface area contributed by atoms with Crippen molar-refractivity contribution in [1.82, 2.24) is 15.5 Å². The minimum Gasteiger partial charge on any atom is -0.351 e. The van der Waals surface area contributed by atoms with Crippen molar-refractivity contribution in [3.05, 3.63) is 0 Å². The Kier molecular flexibility index (Phi) is 6.46. The Labute approximate surface area is 122 Å². The highest BCUT2D eigenvalue weighted by Gasteiger charge is 2.27. The maximum absolute atomic E-state index is 12.3. The monoisotopic (exact) mass is 283 g/mol. The van der Waals surface area contributed by atoms with E-state index in [0.29, 0.717) is 6.04 Å². The number of hydrogen-bond donors (Lipinski definition) is 2. The van der Waals surface area contributed by atoms with Gasteiger partial charge in [0, 0.05) is 32.1 Å². The van der Waals surface area contributed by atoms with Crippen LogP contribution >= 0.6 is 0 Å². The molecule has 20 heavy (non-hydrogen) atoms. The van der Waals surface area contributed by atoms with E-state index < -0.39 is 6.04 Å². The molecule has 2 N–H and O–H groups in total. The van der Waals surface area contributed by atoms with E-state index in [4.69, 9.17) is 0 Å². The Morgan fingerprint density at radius 2 is 1.65 bits per heavy atom. The van der Waals surface area contributed by atoms with Crippen molar-refractivity contribution >= 4 is 11.8 Å². The summed E-state index contributed by atoms with van der Waals surface area (Å²) in [7, 11) is 0. The van der Waals surface area contributed by atoms with Crippen LogP contribution in [0.3, 0.4) is 0 Å². The maximum Gasteiger partial charge on any atom is 0.243 e. The third-order valence-electron chi connectivity index (χ3n) is 3.91. The van der Waals surface area contributed by atoms with Gasteiger partial charge < -0.3 is 15.5 Å². The Hall–Kier alpha value is -1.10. The van der Waals surface area contributed by atoms with Crippen molar-refractivity contribution in [2.75, 3.05) is 13.1 Å². The van der Waals surface area contributed by atoms with E-state index in [1.807, 2.05) is 13.8 Å². The normalized spacial score (nSPS) is 19.1. The minimum absolute atomic E-state index is 0.0572. The molecule has 0 aromatic carbocycles. The summed E-state index contributed by atoms with van der Waals surface area (Å²) in [5, 5.41) is 5.82. The molecule has 0 aliphatic carbocycles. The lowest BCUT2D eigenvalue weighted by Crippen LogP contribution is -2.54. The highest BCUT2D eigenvalue weighted by Crippen LogP contribution is 2.13. The van der Waals surface area contributed by atoms with Gasteiger partial charge in [-0.25, -0.2) is 0 Å². The SMILES string of the molecule is CC(=O)N[C@@H](C(=O)NC1CCN(C(C)C)CC1)C(C)C. The van der Waals surface area contributed by atoms with Crippen LogP contribution in [0.15, 0.2) is 0 Å². The van der Waals surface area contributed by atoms with Gasteiger partial charge in [0.15, 0.2) is 0 Å². The van der Waals surface area contributed by atoms with Crippen LogP contribution < -0.4 is 10.6 Å². The van der Waals surface area contributed by atoms with E-state index in [1.54, 1.807) is 0 Å². The molecular formula is C15H29N3O2. The summed E-state index contributed by atoms with van der Waals surface area (Å²) in [6.45, 7) is 11.8. The smallest absolute Gasteiger partial charge is 0.243 e. The van der Waals surface area contributed by atoms with Crippen LogP contribution in [0.1, 0.15) is 47.5 Å². The van der Waals surface area contributed by atoms with E-state index in [0.717, 1.165) is 25.9 Å². The number of carbonyl (C=O) groups excluding carboxylic acids is 2. The van der Waals surface area contributed by atoms with Crippen LogP contribution in [-0.2, 0) is 9.59 Å². The summed E-state index contributed by atoms with van der Waals surface area (Å²) in [6, 6.07) is 0.359. The zero-order valence-electron chi connectivity index (χ0n) is 13.4. The van der Waals surface area contributed by atoms with Crippen molar-refractivity contribution < 1.29 is 9.59 Å². The van der Waals surface area contributed by atoms with E-state index in [2.05, 4.69) is 29.4 Å². The van der Waals surface area contributed by atoms with Gasteiger partial charge >= 0.3 is 0 Å². The standard InChI is InChI=1S/C15H29N3O2/c1-10(2)14(16-12(5)19)15(20)17-13-6-8-18(9-7-13)11(3)4/h10-11,13-14H,6-9H2,1-5H3,(H,16,19)(H,17,20)/t14-/m1/s1. The van der Waals surface area contributed by atoms with Gasteiger partial charge in [0.2, 0.25) is 11.8 Å². The zero-order chi connectivity index (χ0) is 15.3. The molecule has 1 atom stereocenters. The van der Waals surface area contributed by atoms with Gasteiger partial charge in [-0.05, 0) is 32.6 Å². The van der Waals surface area contributed by atoms with Crippen molar-refractivity contribution in [1.29, 1.82) is 0 Å². The van der Waals surface area contributed by atoms with Gasteiger partial charge in [0.25, 0.3) is 0 Å². The van der Waals surface area contributed by atoms with E-state index >= 15 is 0 Å². The average Bonchev–Trinajstić information content (AvgIpc) is 2.35. The second-order valence-electron chi connectivity index (χ2n) is 6.33. The third-order valence-corrected chi connectivity index (χ3v) is 3.91. The van der Waals surface area contributed by atoms with Crippen LogP contribution in [-0.4, -0.2) is 47.9 Å². The number of likely N-dealkylation sites (tertiary alicyclic amines) is 1. The van der Waals surface area contributed by atoms with E-state index in [1.165, 1.54) is 6.92 Å². The molecule has 0 aromatic rings. The summed E-state index contributed by atoms with van der Waals surface area (Å²) in [4.78, 5) is 25.9. The van der Waals surface area contributed by atoms with Gasteiger partial charge in [-0.15, -0.1) is 0 Å². The van der Waals surface area contributed by atoms with E-state index in [-0.39, 0.29) is 23.8 Å². The molecular weight excluding hydrogens is 254 g/mol. The summed E-state index contributed by atoms with van der Waals surface area (Å²) in [5.41, 5.74) is 0. The molecule has 0 saturated carbocycles. The molecule has 1 saturated heterocycles. The van der Waals surface area contributed by atoms with Gasteiger partial charge in [-0.2, -0.15) is 0 Å². The maximum atomic E-state index is 12.3. The van der Waals surface area contributed by atoms with Crippen molar-refractivity contribution in [2.45, 2.75) is 65.6 Å². The number of amides is 2. The number of nitrogens with one attached hydrogen (secondary N) is 2. The van der Waals surface area contributed by atoms with Crippen LogP contribution in [0.4, 0.5) is 0 Å². The molecule has 1 fully saturated rings. The Morgan fingerprint density at radius 1 is 1.10 bits per heavy atom. The molecule has 0 spiro atoms. The van der Waals surface area contributed by atoms with E-state index in [9.17, 15) is 9.59 Å². The largest absolute Gasteiger partial charge is 0.351 e. The van der Waals surface area contributed by atoms with Crippen LogP contribution in [0.2, 0.25) is 0 Å². The molecule has 1 heterocycles. The van der Waals surface area contributed by atoms with Crippen LogP contribution in [0, 0.1) is 5.92 Å². The number of rotatable bonds is 5. The molecule has 116 valence electrons. The minimum atomic E-state index is -0.435. The van der Waals surface area contributed by atoms with Crippen molar-refractivity contribution in [2.24, 2.45) is 5.92 Å². The predicted octanol–water partition coefficient (Wildman–Crippen LogP) is 1.14. The summed E-state index contributed by atoms with van der Waals surface area (Å²) in [6.07, 6.45) is 1.96. The first-order valence-electron chi connectivity index (χ1n) is 7.62. The molecule has 1 aliphatic heterocycles. The number of nitrogens with zero attached hydrogens (tertiary/aromatic N) is 1. The van der Waals surface area contributed by atoms with Gasteiger partial charge in [-0.1, -0.05) is 13.8 Å². The first kappa shape index (κ1) is 17.0. The third kappa shape index (κ3) is 5.12. The molecule has 5 heteroatoms. The average molecular weight is 283 g/mol. The number of hydrogen-bond acceptors (Lipinski definition) is 3. The molecule has 0 radical (unpaired) electrons. The molecule has 5 nitrogen and oxygen atoms in total. The number of piperidine rings is 1. The summed E-state index contributed by atoms with van der Waals surface area (Å²) < 4.78 is 0. The fraction of sp³-hybridized carbons (Fsp3) is 0.867. The van der Waals surface area contributed by atoms with Crippen LogP contribution in [0.25, 0.3) is 0 Å². The fourth-order valence-electron chi connectivity index (χ4n) is 2.61. The highest BCUT2D eigenvalue weighted by molar-refractivity contribution is 5.87. The van der Waals surface area contributed by atoms with Gasteiger partial charge in [0.1, 0.15) is 6.04 Å². The highest BCUT2D eigenvalue weighted by atomic mass is 16.2. The predicted molar refractivity (Wildman–Crippen MR) is 80.3 cm³/mol. The molecule has 1 aliphatic rings. The Bertz CT molecular complexity index is 334. The Balaban J connectivity index is 2.47. The molecule has 0 bridgehead atoms. The summed E-state index contributed by atoms with van der Waals surface area (Å²) in [5.74, 6) is -0.124.